The number of benzene rings is 1. The van der Waals surface area contributed by atoms with Gasteiger partial charge in [0, 0.05) is 21.7 Å². The maximum absolute atomic E-state index is 12.6. The van der Waals surface area contributed by atoms with Crippen molar-refractivity contribution in [3.05, 3.63) is 33.8 Å². The third-order valence-corrected chi connectivity index (χ3v) is 2.12. The third-order valence-electron chi connectivity index (χ3n) is 1.90. The number of halogens is 3. The second kappa shape index (κ2) is 4.49. The van der Waals surface area contributed by atoms with Gasteiger partial charge < -0.3 is 0 Å². The number of carbonyl (C=O) groups is 2. The summed E-state index contributed by atoms with van der Waals surface area (Å²) < 4.78 is 25.2. The molecule has 0 unspecified atom stereocenters. The number of carbonyl (C=O) groups excluding carboxylic acids is 2. The summed E-state index contributed by atoms with van der Waals surface area (Å²) in [6.45, 7) is 1.14. The lowest BCUT2D eigenvalue weighted by Crippen LogP contribution is -2.04. The molecule has 1 aromatic carbocycles. The van der Waals surface area contributed by atoms with Gasteiger partial charge in [0.05, 0.1) is 0 Å². The first-order valence-electron chi connectivity index (χ1n) is 4.05. The number of Topliss-reactive ketones (excluding diaryl/α,β-unsaturated/α-hetero) is 1. The molecule has 0 N–H and O–H groups in total. The summed E-state index contributed by atoms with van der Waals surface area (Å²) in [6, 6.07) is 2.25. The topological polar surface area (TPSA) is 34.1 Å². The van der Waals surface area contributed by atoms with Crippen molar-refractivity contribution in [2.24, 2.45) is 0 Å². The Morgan fingerprint density at radius 2 is 2.07 bits per heavy atom. The third kappa shape index (κ3) is 2.39. The van der Waals surface area contributed by atoms with Gasteiger partial charge in [-0.05, 0) is 19.1 Å². The summed E-state index contributed by atoms with van der Waals surface area (Å²) in [5, 5.41) is 0.0895. The van der Waals surface area contributed by atoms with Gasteiger partial charge in [-0.1, -0.05) is 11.6 Å². The van der Waals surface area contributed by atoms with Gasteiger partial charge in [-0.25, -0.2) is 8.78 Å². The standard InChI is InChI=1S/C10H7ClF2O2/c1-5(15)8-3-7(11)2-6(4-14)9(8)10(12)13/h2-4,10H,1H3. The predicted molar refractivity (Wildman–Crippen MR) is 51.8 cm³/mol. The molecule has 2 nitrogen and oxygen atoms in total. The van der Waals surface area contributed by atoms with E-state index in [0.29, 0.717) is 0 Å². The Morgan fingerprint density at radius 3 is 2.47 bits per heavy atom. The maximum Gasteiger partial charge on any atom is 0.265 e. The van der Waals surface area contributed by atoms with E-state index in [4.69, 9.17) is 11.6 Å². The molecule has 0 aromatic heterocycles. The van der Waals surface area contributed by atoms with Gasteiger partial charge in [0.25, 0.3) is 6.43 Å². The van der Waals surface area contributed by atoms with Crippen molar-refractivity contribution in [3.63, 3.8) is 0 Å². The van der Waals surface area contributed by atoms with Crippen molar-refractivity contribution >= 4 is 23.7 Å². The van der Waals surface area contributed by atoms with Gasteiger partial charge in [-0.3, -0.25) is 9.59 Å². The van der Waals surface area contributed by atoms with E-state index in [1.165, 1.54) is 0 Å². The van der Waals surface area contributed by atoms with E-state index in [1.807, 2.05) is 0 Å². The summed E-state index contributed by atoms with van der Waals surface area (Å²) in [4.78, 5) is 21.6. The lowest BCUT2D eigenvalue weighted by atomic mass is 9.99. The SMILES string of the molecule is CC(=O)c1cc(Cl)cc(C=O)c1C(F)F. The first-order valence-corrected chi connectivity index (χ1v) is 4.43. The van der Waals surface area contributed by atoms with Crippen LogP contribution in [0.3, 0.4) is 0 Å². The average Bonchev–Trinajstić information content (AvgIpc) is 2.15. The smallest absolute Gasteiger partial charge is 0.265 e. The molecule has 0 bridgehead atoms. The van der Waals surface area contributed by atoms with E-state index in [1.54, 1.807) is 0 Å². The van der Waals surface area contributed by atoms with Gasteiger partial charge >= 0.3 is 0 Å². The van der Waals surface area contributed by atoms with Crippen molar-refractivity contribution < 1.29 is 18.4 Å². The summed E-state index contributed by atoms with van der Waals surface area (Å²) in [5.41, 5.74) is -1.01. The van der Waals surface area contributed by atoms with E-state index in [0.717, 1.165) is 19.1 Å². The largest absolute Gasteiger partial charge is 0.298 e. The number of aldehydes is 1. The minimum absolute atomic E-state index is 0.0895. The van der Waals surface area contributed by atoms with Crippen LogP contribution in [0.25, 0.3) is 0 Å². The Balaban J connectivity index is 3.54. The quantitative estimate of drug-likeness (QED) is 0.592. The molecule has 0 aliphatic carbocycles. The molecule has 0 fully saturated rings. The van der Waals surface area contributed by atoms with Crippen LogP contribution in [-0.4, -0.2) is 12.1 Å². The zero-order valence-electron chi connectivity index (χ0n) is 7.76. The zero-order valence-corrected chi connectivity index (χ0v) is 8.52. The first kappa shape index (κ1) is 11.8. The highest BCUT2D eigenvalue weighted by Gasteiger charge is 2.20. The molecule has 0 saturated heterocycles. The number of alkyl halides is 2. The highest BCUT2D eigenvalue weighted by atomic mass is 35.5. The van der Waals surface area contributed by atoms with Crippen molar-refractivity contribution in [2.75, 3.05) is 0 Å². The van der Waals surface area contributed by atoms with Crippen LogP contribution < -0.4 is 0 Å². The highest BCUT2D eigenvalue weighted by molar-refractivity contribution is 6.31. The molecule has 5 heteroatoms. The van der Waals surface area contributed by atoms with Gasteiger partial charge in [0.2, 0.25) is 0 Å². The van der Waals surface area contributed by atoms with E-state index < -0.39 is 17.8 Å². The first-order chi connectivity index (χ1) is 6.97. The van der Waals surface area contributed by atoms with Crippen molar-refractivity contribution in [3.8, 4) is 0 Å². The van der Waals surface area contributed by atoms with Gasteiger partial charge in [-0.2, -0.15) is 0 Å². The molecule has 15 heavy (non-hydrogen) atoms. The fourth-order valence-corrected chi connectivity index (χ4v) is 1.50. The molecule has 0 saturated carbocycles. The van der Waals surface area contributed by atoms with Crippen LogP contribution in [-0.2, 0) is 0 Å². The van der Waals surface area contributed by atoms with E-state index in [9.17, 15) is 18.4 Å². The van der Waals surface area contributed by atoms with Gasteiger partial charge in [0.15, 0.2) is 12.1 Å². The van der Waals surface area contributed by atoms with E-state index >= 15 is 0 Å². The molecule has 80 valence electrons. The molecule has 0 amide bonds. The molecular weight excluding hydrogens is 226 g/mol. The van der Waals surface area contributed by atoms with Crippen molar-refractivity contribution in [1.29, 1.82) is 0 Å². The molecule has 1 rings (SSSR count). The predicted octanol–water partition coefficient (Wildman–Crippen LogP) is 3.29. The van der Waals surface area contributed by atoms with Gasteiger partial charge in [0.1, 0.15) is 0 Å². The monoisotopic (exact) mass is 232 g/mol. The molecule has 0 aliphatic heterocycles. The van der Waals surface area contributed by atoms with Crippen molar-refractivity contribution in [1.82, 2.24) is 0 Å². The van der Waals surface area contributed by atoms with Crippen LogP contribution in [0.5, 0.6) is 0 Å². The van der Waals surface area contributed by atoms with Crippen LogP contribution in [0, 0.1) is 0 Å². The number of hydrogen-bond donors (Lipinski definition) is 0. The molecule has 0 spiro atoms. The Hall–Kier alpha value is -1.29. The number of ketones is 1. The number of hydrogen-bond acceptors (Lipinski definition) is 2. The molecule has 0 aliphatic rings. The second-order valence-electron chi connectivity index (χ2n) is 2.93. The minimum atomic E-state index is -2.87. The summed E-state index contributed by atoms with van der Waals surface area (Å²) in [7, 11) is 0. The van der Waals surface area contributed by atoms with Crippen LogP contribution in [0.2, 0.25) is 5.02 Å². The summed E-state index contributed by atoms with van der Waals surface area (Å²) in [6.07, 6.45) is -2.61. The molecule has 1 aromatic rings. The Morgan fingerprint density at radius 1 is 1.47 bits per heavy atom. The Kier molecular flexibility index (Phi) is 3.52. The second-order valence-corrected chi connectivity index (χ2v) is 3.37. The average molecular weight is 233 g/mol. The number of rotatable bonds is 3. The normalized spacial score (nSPS) is 10.5. The van der Waals surface area contributed by atoms with Crippen LogP contribution in [0.1, 0.15) is 39.6 Å². The fourth-order valence-electron chi connectivity index (χ4n) is 1.27. The Labute approximate surface area is 89.8 Å². The lowest BCUT2D eigenvalue weighted by molar-refractivity contribution is 0.0997. The molecule has 0 radical (unpaired) electrons. The molecular formula is C10H7ClF2O2. The van der Waals surface area contributed by atoms with Crippen LogP contribution >= 0.6 is 11.6 Å². The van der Waals surface area contributed by atoms with E-state index in [2.05, 4.69) is 0 Å². The highest BCUT2D eigenvalue weighted by Crippen LogP contribution is 2.29. The molecule has 0 heterocycles. The van der Waals surface area contributed by atoms with Crippen LogP contribution in [0.4, 0.5) is 8.78 Å². The zero-order chi connectivity index (χ0) is 11.6. The Bertz CT molecular complexity index is 416. The van der Waals surface area contributed by atoms with Gasteiger partial charge in [-0.15, -0.1) is 0 Å². The van der Waals surface area contributed by atoms with Crippen molar-refractivity contribution in [2.45, 2.75) is 13.3 Å². The van der Waals surface area contributed by atoms with E-state index in [-0.39, 0.29) is 22.4 Å². The minimum Gasteiger partial charge on any atom is -0.298 e. The maximum atomic E-state index is 12.6. The fraction of sp³-hybridized carbons (Fsp3) is 0.200. The lowest BCUT2D eigenvalue weighted by Gasteiger charge is -2.09. The molecule has 0 atom stereocenters. The van der Waals surface area contributed by atoms with Crippen LogP contribution in [0.15, 0.2) is 12.1 Å². The summed E-state index contributed by atoms with van der Waals surface area (Å²) in [5.74, 6) is -0.545. The summed E-state index contributed by atoms with van der Waals surface area (Å²) >= 11 is 5.59.